The van der Waals surface area contributed by atoms with Crippen LogP contribution in [-0.2, 0) is 9.47 Å². The van der Waals surface area contributed by atoms with E-state index < -0.39 is 0 Å². The highest BCUT2D eigenvalue weighted by Crippen LogP contribution is 2.29. The molecule has 116 valence electrons. The summed E-state index contributed by atoms with van der Waals surface area (Å²) in [6.45, 7) is 5.54. The summed E-state index contributed by atoms with van der Waals surface area (Å²) in [4.78, 5) is 4.55. The Kier molecular flexibility index (Phi) is 6.72. The van der Waals surface area contributed by atoms with Crippen LogP contribution in [0, 0.1) is 0 Å². The lowest BCUT2D eigenvalue weighted by molar-refractivity contribution is 0.0705. The second-order valence-electron chi connectivity index (χ2n) is 4.47. The maximum Gasteiger partial charge on any atom is 0.183 e. The molecule has 1 heterocycles. The Morgan fingerprint density at radius 1 is 1.24 bits per heavy atom. The topological polar surface area (TPSA) is 52.6 Å². The molecular weight excluding hydrogens is 288 g/mol. The van der Waals surface area contributed by atoms with Crippen LogP contribution in [0.1, 0.15) is 13.3 Å². The smallest absolute Gasteiger partial charge is 0.183 e. The van der Waals surface area contributed by atoms with Gasteiger partial charge in [-0.15, -0.1) is 0 Å². The second kappa shape index (κ2) is 8.81. The first-order valence-corrected chi connectivity index (χ1v) is 7.99. The molecule has 0 saturated carbocycles. The SMILES string of the molecule is CCOc1ccc2nc(NCCCOCCOC)sc2c1. The number of hydrogen-bond donors (Lipinski definition) is 1. The van der Waals surface area contributed by atoms with Gasteiger partial charge in [0.25, 0.3) is 0 Å². The minimum atomic E-state index is 0.646. The fourth-order valence-electron chi connectivity index (χ4n) is 1.85. The summed E-state index contributed by atoms with van der Waals surface area (Å²) in [5.41, 5.74) is 1.00. The van der Waals surface area contributed by atoms with Crippen molar-refractivity contribution in [2.24, 2.45) is 0 Å². The Balaban J connectivity index is 1.77. The van der Waals surface area contributed by atoms with Crippen molar-refractivity contribution >= 4 is 26.7 Å². The van der Waals surface area contributed by atoms with Gasteiger partial charge in [0.1, 0.15) is 5.75 Å². The van der Waals surface area contributed by atoms with Crippen LogP contribution < -0.4 is 10.1 Å². The van der Waals surface area contributed by atoms with Gasteiger partial charge in [0.05, 0.1) is 30.0 Å². The van der Waals surface area contributed by atoms with Crippen LogP contribution >= 0.6 is 11.3 Å². The summed E-state index contributed by atoms with van der Waals surface area (Å²) in [5, 5.41) is 4.27. The third-order valence-corrected chi connectivity index (χ3v) is 3.82. The largest absolute Gasteiger partial charge is 0.494 e. The third kappa shape index (κ3) is 5.15. The van der Waals surface area contributed by atoms with E-state index in [9.17, 15) is 0 Å². The molecule has 6 heteroatoms. The molecular formula is C15H22N2O3S. The van der Waals surface area contributed by atoms with Gasteiger partial charge in [0, 0.05) is 20.3 Å². The fraction of sp³-hybridized carbons (Fsp3) is 0.533. The molecule has 1 N–H and O–H groups in total. The van der Waals surface area contributed by atoms with Gasteiger partial charge >= 0.3 is 0 Å². The lowest BCUT2D eigenvalue weighted by Crippen LogP contribution is -2.08. The van der Waals surface area contributed by atoms with E-state index in [1.807, 2.05) is 25.1 Å². The molecule has 1 aromatic heterocycles. The number of nitrogens with one attached hydrogen (secondary N) is 1. The zero-order valence-electron chi connectivity index (χ0n) is 12.6. The van der Waals surface area contributed by atoms with E-state index in [0.717, 1.165) is 40.7 Å². The first-order valence-electron chi connectivity index (χ1n) is 7.17. The van der Waals surface area contributed by atoms with Gasteiger partial charge in [0.2, 0.25) is 0 Å². The van der Waals surface area contributed by atoms with Gasteiger partial charge < -0.3 is 19.5 Å². The molecule has 0 unspecified atom stereocenters. The number of rotatable bonds is 10. The monoisotopic (exact) mass is 310 g/mol. The lowest BCUT2D eigenvalue weighted by atomic mass is 10.3. The van der Waals surface area contributed by atoms with E-state index in [-0.39, 0.29) is 0 Å². The third-order valence-electron chi connectivity index (χ3n) is 2.84. The maximum atomic E-state index is 5.50. The van der Waals surface area contributed by atoms with Crippen molar-refractivity contribution < 1.29 is 14.2 Å². The van der Waals surface area contributed by atoms with Crippen LogP contribution in [0.3, 0.4) is 0 Å². The first-order chi connectivity index (χ1) is 10.3. The van der Waals surface area contributed by atoms with E-state index in [1.165, 1.54) is 0 Å². The van der Waals surface area contributed by atoms with Gasteiger partial charge in [-0.1, -0.05) is 11.3 Å². The maximum absolute atomic E-state index is 5.50. The predicted molar refractivity (Wildman–Crippen MR) is 86.6 cm³/mol. The van der Waals surface area contributed by atoms with Crippen LogP contribution in [0.15, 0.2) is 18.2 Å². The molecule has 2 aromatic rings. The summed E-state index contributed by atoms with van der Waals surface area (Å²) in [6, 6.07) is 5.99. The minimum Gasteiger partial charge on any atom is -0.494 e. The summed E-state index contributed by atoms with van der Waals surface area (Å²) in [6.07, 6.45) is 0.948. The average Bonchev–Trinajstić information content (AvgIpc) is 2.88. The number of methoxy groups -OCH3 is 1. The summed E-state index contributed by atoms with van der Waals surface area (Å²) >= 11 is 1.65. The van der Waals surface area contributed by atoms with Gasteiger partial charge in [-0.2, -0.15) is 0 Å². The van der Waals surface area contributed by atoms with Crippen molar-refractivity contribution in [1.82, 2.24) is 4.98 Å². The van der Waals surface area contributed by atoms with Crippen LogP contribution in [-0.4, -0.2) is 45.1 Å². The number of thiazole rings is 1. The van der Waals surface area contributed by atoms with Crippen LogP contribution in [0.25, 0.3) is 10.2 Å². The number of benzene rings is 1. The van der Waals surface area contributed by atoms with Crippen LogP contribution in [0.2, 0.25) is 0 Å². The van der Waals surface area contributed by atoms with Gasteiger partial charge in [-0.25, -0.2) is 4.98 Å². The van der Waals surface area contributed by atoms with Gasteiger partial charge in [-0.05, 0) is 31.5 Å². The Morgan fingerprint density at radius 2 is 2.14 bits per heavy atom. The predicted octanol–water partition coefficient (Wildman–Crippen LogP) is 3.16. The lowest BCUT2D eigenvalue weighted by Gasteiger charge is -2.04. The van der Waals surface area contributed by atoms with E-state index in [4.69, 9.17) is 14.2 Å². The fourth-order valence-corrected chi connectivity index (χ4v) is 2.77. The van der Waals surface area contributed by atoms with Crippen molar-refractivity contribution in [2.75, 3.05) is 45.4 Å². The number of ether oxygens (including phenoxy) is 3. The number of anilines is 1. The molecule has 0 fully saturated rings. The van der Waals surface area contributed by atoms with Crippen LogP contribution in [0.5, 0.6) is 5.75 Å². The Labute approximate surface area is 129 Å². The molecule has 21 heavy (non-hydrogen) atoms. The Morgan fingerprint density at radius 3 is 2.95 bits per heavy atom. The van der Waals surface area contributed by atoms with Gasteiger partial charge in [0.15, 0.2) is 5.13 Å². The summed E-state index contributed by atoms with van der Waals surface area (Å²) in [7, 11) is 1.68. The summed E-state index contributed by atoms with van der Waals surface area (Å²) < 4.78 is 17.0. The second-order valence-corrected chi connectivity index (χ2v) is 5.50. The zero-order valence-corrected chi connectivity index (χ0v) is 13.4. The zero-order chi connectivity index (χ0) is 14.9. The number of fused-ring (bicyclic) bond motifs is 1. The van der Waals surface area contributed by atoms with E-state index in [2.05, 4.69) is 10.3 Å². The number of aromatic nitrogens is 1. The molecule has 5 nitrogen and oxygen atoms in total. The first kappa shape index (κ1) is 16.0. The number of hydrogen-bond acceptors (Lipinski definition) is 6. The highest BCUT2D eigenvalue weighted by Gasteiger charge is 2.04. The van der Waals surface area contributed by atoms with Crippen molar-refractivity contribution in [3.8, 4) is 5.75 Å². The van der Waals surface area contributed by atoms with E-state index >= 15 is 0 Å². The normalized spacial score (nSPS) is 11.0. The standard InChI is InChI=1S/C15H22N2O3S/c1-3-20-12-5-6-13-14(11-12)21-15(17-13)16-7-4-8-19-10-9-18-2/h5-6,11H,3-4,7-10H2,1-2H3,(H,16,17). The Hall–Kier alpha value is -1.37. The molecule has 2 rings (SSSR count). The molecule has 0 atom stereocenters. The van der Waals surface area contributed by atoms with Crippen molar-refractivity contribution in [1.29, 1.82) is 0 Å². The molecule has 0 aliphatic carbocycles. The molecule has 0 radical (unpaired) electrons. The minimum absolute atomic E-state index is 0.646. The van der Waals surface area contributed by atoms with Crippen molar-refractivity contribution in [3.63, 3.8) is 0 Å². The molecule has 0 saturated heterocycles. The highest BCUT2D eigenvalue weighted by molar-refractivity contribution is 7.22. The van der Waals surface area contributed by atoms with E-state index in [0.29, 0.717) is 19.8 Å². The van der Waals surface area contributed by atoms with Gasteiger partial charge in [-0.3, -0.25) is 0 Å². The van der Waals surface area contributed by atoms with E-state index in [1.54, 1.807) is 18.4 Å². The molecule has 0 spiro atoms. The summed E-state index contributed by atoms with van der Waals surface area (Å²) in [5.74, 6) is 0.895. The number of nitrogens with zero attached hydrogens (tertiary/aromatic N) is 1. The molecule has 1 aromatic carbocycles. The van der Waals surface area contributed by atoms with Crippen LogP contribution in [0.4, 0.5) is 5.13 Å². The molecule has 0 bridgehead atoms. The van der Waals surface area contributed by atoms with Crippen molar-refractivity contribution in [2.45, 2.75) is 13.3 Å². The highest BCUT2D eigenvalue weighted by atomic mass is 32.1. The quantitative estimate of drug-likeness (QED) is 0.683. The van der Waals surface area contributed by atoms with Crippen molar-refractivity contribution in [3.05, 3.63) is 18.2 Å². The molecule has 0 aliphatic heterocycles. The molecule has 0 amide bonds. The Bertz CT molecular complexity index is 545. The molecule has 0 aliphatic rings. The average molecular weight is 310 g/mol.